The molecule has 1 aromatic heterocycles. The van der Waals surface area contributed by atoms with Crippen LogP contribution in [0.3, 0.4) is 0 Å². The first-order chi connectivity index (χ1) is 9.04. The predicted octanol–water partition coefficient (Wildman–Crippen LogP) is 1.63. The normalized spacial score (nSPS) is 13.8. The fourth-order valence-corrected chi connectivity index (χ4v) is 2.43. The van der Waals surface area contributed by atoms with Crippen LogP contribution < -0.4 is 10.6 Å². The minimum atomic E-state index is -0.918. The Labute approximate surface area is 117 Å². The van der Waals surface area contributed by atoms with Crippen molar-refractivity contribution in [3.8, 4) is 0 Å². The number of carboxylic acids is 1. The summed E-state index contributed by atoms with van der Waals surface area (Å²) in [6.07, 6.45) is -0.0970. The van der Waals surface area contributed by atoms with E-state index in [1.54, 1.807) is 0 Å². The van der Waals surface area contributed by atoms with Crippen LogP contribution in [0.2, 0.25) is 0 Å². The molecule has 0 radical (unpaired) electrons. The highest BCUT2D eigenvalue weighted by Gasteiger charge is 2.21. The molecule has 2 atom stereocenters. The summed E-state index contributed by atoms with van der Waals surface area (Å²) in [6.45, 7) is 5.20. The standard InChI is InChI=1S/C13H20N2O3S/c1-3-14-8-9(2)13(18)15-10(7-12(16)17)11-5-4-6-19-11/h4-6,9-10,14H,3,7-8H2,1-2H3,(H,15,18)(H,16,17). The van der Waals surface area contributed by atoms with Crippen LogP contribution in [0.15, 0.2) is 17.5 Å². The van der Waals surface area contributed by atoms with E-state index in [0.29, 0.717) is 6.54 Å². The largest absolute Gasteiger partial charge is 0.481 e. The zero-order valence-electron chi connectivity index (χ0n) is 11.2. The van der Waals surface area contributed by atoms with E-state index in [1.807, 2.05) is 31.4 Å². The van der Waals surface area contributed by atoms with Gasteiger partial charge in [-0.05, 0) is 18.0 Å². The van der Waals surface area contributed by atoms with Gasteiger partial charge in [0.25, 0.3) is 0 Å². The van der Waals surface area contributed by atoms with Crippen molar-refractivity contribution in [3.05, 3.63) is 22.4 Å². The van der Waals surface area contributed by atoms with E-state index in [0.717, 1.165) is 11.4 Å². The van der Waals surface area contributed by atoms with Crippen LogP contribution in [-0.2, 0) is 9.59 Å². The van der Waals surface area contributed by atoms with Crippen LogP contribution in [0.25, 0.3) is 0 Å². The molecule has 1 heterocycles. The van der Waals surface area contributed by atoms with Gasteiger partial charge in [0.15, 0.2) is 0 Å². The van der Waals surface area contributed by atoms with Crippen LogP contribution >= 0.6 is 11.3 Å². The Kier molecular flexibility index (Phi) is 6.52. The third kappa shape index (κ3) is 5.40. The summed E-state index contributed by atoms with van der Waals surface area (Å²) in [5, 5.41) is 16.7. The van der Waals surface area contributed by atoms with E-state index >= 15 is 0 Å². The van der Waals surface area contributed by atoms with E-state index in [4.69, 9.17) is 5.11 Å². The Hall–Kier alpha value is -1.40. The number of carbonyl (C=O) groups excluding carboxylic acids is 1. The highest BCUT2D eigenvalue weighted by Crippen LogP contribution is 2.22. The summed E-state index contributed by atoms with van der Waals surface area (Å²) >= 11 is 1.45. The lowest BCUT2D eigenvalue weighted by molar-refractivity contribution is -0.137. The number of amides is 1. The van der Waals surface area contributed by atoms with Crippen molar-refractivity contribution in [1.82, 2.24) is 10.6 Å². The Balaban J connectivity index is 2.62. The number of hydrogen-bond donors (Lipinski definition) is 3. The van der Waals surface area contributed by atoms with Crippen LogP contribution in [-0.4, -0.2) is 30.1 Å². The van der Waals surface area contributed by atoms with Crippen molar-refractivity contribution >= 4 is 23.2 Å². The minimum Gasteiger partial charge on any atom is -0.481 e. The van der Waals surface area contributed by atoms with Gasteiger partial charge in [-0.2, -0.15) is 0 Å². The average Bonchev–Trinajstić information content (AvgIpc) is 2.88. The van der Waals surface area contributed by atoms with Gasteiger partial charge in [0.2, 0.25) is 5.91 Å². The molecule has 2 unspecified atom stereocenters. The molecule has 5 nitrogen and oxygen atoms in total. The molecule has 1 aromatic rings. The number of carbonyl (C=O) groups is 2. The minimum absolute atomic E-state index is 0.0970. The number of carboxylic acid groups (broad SMARTS) is 1. The van der Waals surface area contributed by atoms with E-state index in [9.17, 15) is 9.59 Å². The molecule has 1 amide bonds. The number of hydrogen-bond acceptors (Lipinski definition) is 4. The molecule has 6 heteroatoms. The second-order valence-corrected chi connectivity index (χ2v) is 5.36. The smallest absolute Gasteiger partial charge is 0.305 e. The monoisotopic (exact) mass is 284 g/mol. The van der Waals surface area contributed by atoms with Gasteiger partial charge in [0.1, 0.15) is 0 Å². The molecule has 106 valence electrons. The second kappa shape index (κ2) is 7.91. The molecule has 0 spiro atoms. The Morgan fingerprint density at radius 3 is 2.74 bits per heavy atom. The molecule has 0 aromatic carbocycles. The fraction of sp³-hybridized carbons (Fsp3) is 0.538. The molecular weight excluding hydrogens is 264 g/mol. The highest BCUT2D eigenvalue weighted by molar-refractivity contribution is 7.10. The van der Waals surface area contributed by atoms with Gasteiger partial charge < -0.3 is 15.7 Å². The van der Waals surface area contributed by atoms with E-state index in [1.165, 1.54) is 11.3 Å². The van der Waals surface area contributed by atoms with Crippen LogP contribution in [0.5, 0.6) is 0 Å². The molecule has 0 fully saturated rings. The maximum atomic E-state index is 12.0. The lowest BCUT2D eigenvalue weighted by Crippen LogP contribution is -2.37. The van der Waals surface area contributed by atoms with Gasteiger partial charge in [-0.3, -0.25) is 9.59 Å². The van der Waals surface area contributed by atoms with E-state index in [-0.39, 0.29) is 18.2 Å². The van der Waals surface area contributed by atoms with Crippen molar-refractivity contribution in [2.24, 2.45) is 5.92 Å². The molecule has 0 aliphatic carbocycles. The quantitative estimate of drug-likeness (QED) is 0.678. The third-order valence-corrected chi connectivity index (χ3v) is 3.72. The van der Waals surface area contributed by atoms with E-state index < -0.39 is 12.0 Å². The molecule has 3 N–H and O–H groups in total. The number of thiophene rings is 1. The first-order valence-electron chi connectivity index (χ1n) is 6.30. The first-order valence-corrected chi connectivity index (χ1v) is 7.18. The summed E-state index contributed by atoms with van der Waals surface area (Å²) in [4.78, 5) is 23.7. The zero-order valence-corrected chi connectivity index (χ0v) is 12.0. The van der Waals surface area contributed by atoms with Gasteiger partial charge in [-0.25, -0.2) is 0 Å². The fourth-order valence-electron chi connectivity index (χ4n) is 1.65. The first kappa shape index (κ1) is 15.7. The molecule has 0 bridgehead atoms. The summed E-state index contributed by atoms with van der Waals surface area (Å²) in [7, 11) is 0. The summed E-state index contributed by atoms with van der Waals surface area (Å²) in [5.41, 5.74) is 0. The second-order valence-electron chi connectivity index (χ2n) is 4.38. The van der Waals surface area contributed by atoms with Crippen molar-refractivity contribution in [2.45, 2.75) is 26.3 Å². The molecule has 0 saturated heterocycles. The van der Waals surface area contributed by atoms with Gasteiger partial charge in [0.05, 0.1) is 12.5 Å². The number of rotatable bonds is 8. The van der Waals surface area contributed by atoms with E-state index in [2.05, 4.69) is 10.6 Å². The maximum absolute atomic E-state index is 12.0. The third-order valence-electron chi connectivity index (χ3n) is 2.73. The van der Waals surface area contributed by atoms with Crippen molar-refractivity contribution in [1.29, 1.82) is 0 Å². The molecule has 0 aliphatic heterocycles. The van der Waals surface area contributed by atoms with Crippen molar-refractivity contribution in [2.75, 3.05) is 13.1 Å². The highest BCUT2D eigenvalue weighted by atomic mass is 32.1. The van der Waals surface area contributed by atoms with Gasteiger partial charge in [-0.1, -0.05) is 19.9 Å². The number of nitrogens with one attached hydrogen (secondary N) is 2. The zero-order chi connectivity index (χ0) is 14.3. The van der Waals surface area contributed by atoms with Crippen LogP contribution in [0.4, 0.5) is 0 Å². The van der Waals surface area contributed by atoms with Gasteiger partial charge in [-0.15, -0.1) is 11.3 Å². The average molecular weight is 284 g/mol. The topological polar surface area (TPSA) is 78.4 Å². The maximum Gasteiger partial charge on any atom is 0.305 e. The van der Waals surface area contributed by atoms with Crippen LogP contribution in [0, 0.1) is 5.92 Å². The lowest BCUT2D eigenvalue weighted by atomic mass is 10.1. The Bertz CT molecular complexity index is 406. The molecule has 19 heavy (non-hydrogen) atoms. The SMILES string of the molecule is CCNCC(C)C(=O)NC(CC(=O)O)c1cccs1. The predicted molar refractivity (Wildman–Crippen MR) is 75.2 cm³/mol. The summed E-state index contributed by atoms with van der Waals surface area (Å²) in [5.74, 6) is -1.23. The lowest BCUT2D eigenvalue weighted by Gasteiger charge is -2.19. The van der Waals surface area contributed by atoms with Crippen molar-refractivity contribution in [3.63, 3.8) is 0 Å². The van der Waals surface area contributed by atoms with Crippen LogP contribution in [0.1, 0.15) is 31.2 Å². The molecular formula is C13H20N2O3S. The Morgan fingerprint density at radius 1 is 1.47 bits per heavy atom. The van der Waals surface area contributed by atoms with Gasteiger partial charge in [0, 0.05) is 17.3 Å². The molecule has 0 aliphatic rings. The number of aliphatic carboxylic acids is 1. The van der Waals surface area contributed by atoms with Gasteiger partial charge >= 0.3 is 5.97 Å². The Morgan fingerprint density at radius 2 is 2.21 bits per heavy atom. The molecule has 0 saturated carbocycles. The van der Waals surface area contributed by atoms with Crippen molar-refractivity contribution < 1.29 is 14.7 Å². The summed E-state index contributed by atoms with van der Waals surface area (Å²) in [6, 6.07) is 3.24. The molecule has 1 rings (SSSR count). The summed E-state index contributed by atoms with van der Waals surface area (Å²) < 4.78 is 0.